The number of carbonyl (C=O) groups excluding carboxylic acids is 3. The van der Waals surface area contributed by atoms with Crippen LogP contribution in [0.4, 0.5) is 0 Å². The fourth-order valence-electron chi connectivity index (χ4n) is 3.18. The van der Waals surface area contributed by atoms with Crippen LogP contribution in [0.15, 0.2) is 54.7 Å². The van der Waals surface area contributed by atoms with Crippen LogP contribution in [0.2, 0.25) is 0 Å². The molecule has 6 heteroatoms. The molecule has 0 aliphatic carbocycles. The van der Waals surface area contributed by atoms with Gasteiger partial charge < -0.3 is 10.3 Å². The van der Waals surface area contributed by atoms with Crippen LogP contribution in [0.3, 0.4) is 0 Å². The van der Waals surface area contributed by atoms with Gasteiger partial charge in [-0.15, -0.1) is 0 Å². The quantitative estimate of drug-likeness (QED) is 0.694. The predicted octanol–water partition coefficient (Wildman–Crippen LogP) is 2.12. The van der Waals surface area contributed by atoms with E-state index in [4.69, 9.17) is 0 Å². The summed E-state index contributed by atoms with van der Waals surface area (Å²) in [6.07, 6.45) is 2.56. The lowest BCUT2D eigenvalue weighted by molar-refractivity contribution is -0.121. The molecule has 2 N–H and O–H groups in total. The summed E-state index contributed by atoms with van der Waals surface area (Å²) in [4.78, 5) is 40.8. The summed E-state index contributed by atoms with van der Waals surface area (Å²) in [7, 11) is 0. The monoisotopic (exact) mass is 347 g/mol. The van der Waals surface area contributed by atoms with Gasteiger partial charge >= 0.3 is 0 Å². The first-order valence-electron chi connectivity index (χ1n) is 8.41. The van der Waals surface area contributed by atoms with Crippen molar-refractivity contribution in [3.63, 3.8) is 0 Å². The predicted molar refractivity (Wildman–Crippen MR) is 96.8 cm³/mol. The SMILES string of the molecule is O=C(CN1C(=O)c2ccccc2C1=O)NCCc1ccc2cc[nH]c2c1. The van der Waals surface area contributed by atoms with Gasteiger partial charge in [0.15, 0.2) is 0 Å². The van der Waals surface area contributed by atoms with E-state index in [9.17, 15) is 14.4 Å². The average molecular weight is 347 g/mol. The summed E-state index contributed by atoms with van der Waals surface area (Å²) >= 11 is 0. The van der Waals surface area contributed by atoms with E-state index < -0.39 is 11.8 Å². The highest BCUT2D eigenvalue weighted by Gasteiger charge is 2.36. The summed E-state index contributed by atoms with van der Waals surface area (Å²) in [5.41, 5.74) is 2.86. The van der Waals surface area contributed by atoms with Gasteiger partial charge in [0.2, 0.25) is 5.91 Å². The molecule has 4 rings (SSSR count). The number of amides is 3. The molecule has 2 aromatic carbocycles. The number of aromatic amines is 1. The van der Waals surface area contributed by atoms with Gasteiger partial charge in [-0.25, -0.2) is 0 Å². The van der Waals surface area contributed by atoms with Crippen molar-refractivity contribution in [2.24, 2.45) is 0 Å². The molecule has 2 heterocycles. The molecule has 0 fully saturated rings. The van der Waals surface area contributed by atoms with Crippen LogP contribution in [-0.4, -0.2) is 40.7 Å². The lowest BCUT2D eigenvalue weighted by atomic mass is 10.1. The van der Waals surface area contributed by atoms with Gasteiger partial charge in [0.05, 0.1) is 11.1 Å². The van der Waals surface area contributed by atoms with Crippen molar-refractivity contribution in [1.82, 2.24) is 15.2 Å². The second kappa shape index (κ2) is 6.48. The Labute approximate surface area is 149 Å². The van der Waals surface area contributed by atoms with E-state index in [2.05, 4.69) is 10.3 Å². The number of imide groups is 1. The molecular weight excluding hydrogens is 330 g/mol. The summed E-state index contributed by atoms with van der Waals surface area (Å²) in [5.74, 6) is -1.18. The molecule has 0 spiro atoms. The van der Waals surface area contributed by atoms with E-state index in [1.807, 2.05) is 30.5 Å². The number of benzene rings is 2. The van der Waals surface area contributed by atoms with Gasteiger partial charge in [-0.1, -0.05) is 24.3 Å². The maximum Gasteiger partial charge on any atom is 0.262 e. The van der Waals surface area contributed by atoms with Crippen molar-refractivity contribution in [2.75, 3.05) is 13.1 Å². The normalized spacial score (nSPS) is 13.3. The van der Waals surface area contributed by atoms with Gasteiger partial charge in [0.25, 0.3) is 11.8 Å². The van der Waals surface area contributed by atoms with Crippen molar-refractivity contribution in [2.45, 2.75) is 6.42 Å². The highest BCUT2D eigenvalue weighted by Crippen LogP contribution is 2.21. The van der Waals surface area contributed by atoms with Gasteiger partial charge in [-0.05, 0) is 41.6 Å². The molecule has 26 heavy (non-hydrogen) atoms. The summed E-state index contributed by atoms with van der Waals surface area (Å²) in [6.45, 7) is 0.177. The van der Waals surface area contributed by atoms with E-state index in [-0.39, 0.29) is 12.5 Å². The van der Waals surface area contributed by atoms with E-state index in [0.29, 0.717) is 24.1 Å². The second-order valence-electron chi connectivity index (χ2n) is 6.24. The Morgan fingerprint density at radius 2 is 1.73 bits per heavy atom. The molecule has 3 amide bonds. The van der Waals surface area contributed by atoms with E-state index in [1.165, 1.54) is 0 Å². The molecule has 0 radical (unpaired) electrons. The van der Waals surface area contributed by atoms with Crippen molar-refractivity contribution in [3.8, 4) is 0 Å². The Morgan fingerprint density at radius 1 is 1.00 bits per heavy atom. The number of carbonyl (C=O) groups is 3. The standard InChI is InChI=1S/C20H17N3O3/c24-18(12-23-19(25)15-3-1-2-4-16(15)20(23)26)22-9-7-13-5-6-14-8-10-21-17(14)11-13/h1-6,8,10-11,21H,7,9,12H2,(H,22,24). The molecule has 0 saturated carbocycles. The number of H-pyrrole nitrogens is 1. The minimum atomic E-state index is -0.419. The Kier molecular flexibility index (Phi) is 4.01. The van der Waals surface area contributed by atoms with Crippen LogP contribution < -0.4 is 5.32 Å². The van der Waals surface area contributed by atoms with Crippen LogP contribution >= 0.6 is 0 Å². The smallest absolute Gasteiger partial charge is 0.262 e. The molecule has 0 unspecified atom stereocenters. The topological polar surface area (TPSA) is 82.3 Å². The first-order valence-corrected chi connectivity index (χ1v) is 8.41. The Balaban J connectivity index is 1.33. The number of aromatic nitrogens is 1. The molecule has 0 bridgehead atoms. The van der Waals surface area contributed by atoms with E-state index >= 15 is 0 Å². The van der Waals surface area contributed by atoms with Gasteiger partial charge in [-0.3, -0.25) is 19.3 Å². The van der Waals surface area contributed by atoms with E-state index in [1.54, 1.807) is 24.3 Å². The van der Waals surface area contributed by atoms with Gasteiger partial charge in [0.1, 0.15) is 6.54 Å². The number of fused-ring (bicyclic) bond motifs is 2. The third kappa shape index (κ3) is 2.86. The Hall–Kier alpha value is -3.41. The minimum Gasteiger partial charge on any atom is -0.361 e. The average Bonchev–Trinajstić information content (AvgIpc) is 3.21. The number of rotatable bonds is 5. The number of nitrogens with one attached hydrogen (secondary N) is 2. The summed E-state index contributed by atoms with van der Waals surface area (Å²) in [5, 5.41) is 3.91. The number of nitrogens with zero attached hydrogens (tertiary/aromatic N) is 1. The van der Waals surface area contributed by atoms with Crippen molar-refractivity contribution in [1.29, 1.82) is 0 Å². The van der Waals surface area contributed by atoms with Crippen molar-refractivity contribution < 1.29 is 14.4 Å². The zero-order valence-electron chi connectivity index (χ0n) is 14.0. The summed E-state index contributed by atoms with van der Waals surface area (Å²) < 4.78 is 0. The molecule has 1 aliphatic rings. The Bertz CT molecular complexity index is 987. The fourth-order valence-corrected chi connectivity index (χ4v) is 3.18. The van der Waals surface area contributed by atoms with Crippen LogP contribution in [0.5, 0.6) is 0 Å². The zero-order valence-corrected chi connectivity index (χ0v) is 14.0. The van der Waals surface area contributed by atoms with Crippen molar-refractivity contribution in [3.05, 3.63) is 71.4 Å². The third-order valence-corrected chi connectivity index (χ3v) is 4.54. The second-order valence-corrected chi connectivity index (χ2v) is 6.24. The van der Waals surface area contributed by atoms with Crippen LogP contribution in [0.1, 0.15) is 26.3 Å². The van der Waals surface area contributed by atoms with Crippen LogP contribution in [0.25, 0.3) is 10.9 Å². The molecule has 3 aromatic rings. The minimum absolute atomic E-state index is 0.262. The maximum atomic E-state index is 12.3. The fraction of sp³-hybridized carbons (Fsp3) is 0.150. The molecular formula is C20H17N3O3. The maximum absolute atomic E-state index is 12.3. The molecule has 1 aromatic heterocycles. The molecule has 6 nitrogen and oxygen atoms in total. The van der Waals surface area contributed by atoms with Crippen molar-refractivity contribution >= 4 is 28.6 Å². The highest BCUT2D eigenvalue weighted by molar-refractivity contribution is 6.22. The van der Waals surface area contributed by atoms with Gasteiger partial charge in [0, 0.05) is 18.3 Å². The molecule has 130 valence electrons. The third-order valence-electron chi connectivity index (χ3n) is 4.54. The van der Waals surface area contributed by atoms with Crippen LogP contribution in [0, 0.1) is 0 Å². The van der Waals surface area contributed by atoms with E-state index in [0.717, 1.165) is 21.4 Å². The summed E-state index contributed by atoms with van der Waals surface area (Å²) in [6, 6.07) is 14.7. The lowest BCUT2D eigenvalue weighted by Crippen LogP contribution is -2.40. The van der Waals surface area contributed by atoms with Gasteiger partial charge in [-0.2, -0.15) is 0 Å². The lowest BCUT2D eigenvalue weighted by Gasteiger charge is -2.13. The first-order chi connectivity index (χ1) is 12.6. The zero-order chi connectivity index (χ0) is 18.1. The highest BCUT2D eigenvalue weighted by atomic mass is 16.2. The number of hydrogen-bond donors (Lipinski definition) is 2. The largest absolute Gasteiger partial charge is 0.361 e. The number of hydrogen-bond acceptors (Lipinski definition) is 3. The molecule has 0 atom stereocenters. The van der Waals surface area contributed by atoms with Crippen LogP contribution in [-0.2, 0) is 11.2 Å². The first kappa shape index (κ1) is 16.1. The molecule has 1 aliphatic heterocycles. The molecule has 0 saturated heterocycles. The Morgan fingerprint density at radius 3 is 2.46 bits per heavy atom.